The van der Waals surface area contributed by atoms with E-state index in [2.05, 4.69) is 21.0 Å². The average molecular weight is 353 g/mol. The molecule has 1 aromatic carbocycles. The molecule has 0 N–H and O–H groups in total. The van der Waals surface area contributed by atoms with Gasteiger partial charge >= 0.3 is 5.97 Å². The molecule has 1 aliphatic rings. The molecule has 0 atom stereocenters. The lowest BCUT2D eigenvalue weighted by atomic mass is 10.2. The number of carbonyl (C=O) groups excluding carboxylic acids is 1. The van der Waals surface area contributed by atoms with E-state index in [1.165, 1.54) is 10.7 Å². The number of hydrogen-bond acceptors (Lipinski definition) is 3. The first kappa shape index (κ1) is 14.3. The second-order valence-corrected chi connectivity index (χ2v) is 5.77. The molecular weight excluding hydrogens is 339 g/mol. The maximum atomic E-state index is 14.1. The number of rotatable bonds is 3. The standard InChI is InChI=1S/C15H14BrFN2O2/c1-2-21-15(20)14-10-4-3-5-12(10)19(18-14)13-8-9(16)6-7-11(13)17/h6-8H,2-5H2,1H3. The van der Waals surface area contributed by atoms with Gasteiger partial charge in [-0.1, -0.05) is 15.9 Å². The van der Waals surface area contributed by atoms with E-state index in [4.69, 9.17) is 4.74 Å². The largest absolute Gasteiger partial charge is 0.461 e. The number of hydrogen-bond donors (Lipinski definition) is 0. The van der Waals surface area contributed by atoms with E-state index in [-0.39, 0.29) is 5.82 Å². The molecule has 6 heteroatoms. The van der Waals surface area contributed by atoms with Gasteiger partial charge in [-0.25, -0.2) is 13.9 Å². The van der Waals surface area contributed by atoms with Crippen molar-refractivity contribution in [3.63, 3.8) is 0 Å². The Kier molecular flexibility index (Phi) is 3.80. The number of aromatic nitrogens is 2. The molecule has 3 rings (SSSR count). The molecule has 0 fully saturated rings. The van der Waals surface area contributed by atoms with Crippen LogP contribution in [0.3, 0.4) is 0 Å². The quantitative estimate of drug-likeness (QED) is 0.794. The van der Waals surface area contributed by atoms with Crippen LogP contribution in [-0.4, -0.2) is 22.4 Å². The fourth-order valence-corrected chi connectivity index (χ4v) is 3.00. The molecule has 0 amide bonds. The number of benzene rings is 1. The fourth-order valence-electron chi connectivity index (χ4n) is 2.65. The highest BCUT2D eigenvalue weighted by Crippen LogP contribution is 2.30. The predicted octanol–water partition coefficient (Wildman–Crippen LogP) is 3.44. The summed E-state index contributed by atoms with van der Waals surface area (Å²) in [6, 6.07) is 4.68. The third-order valence-corrected chi connectivity index (χ3v) is 4.03. The van der Waals surface area contributed by atoms with E-state index >= 15 is 0 Å². The highest BCUT2D eigenvalue weighted by atomic mass is 79.9. The summed E-state index contributed by atoms with van der Waals surface area (Å²) in [5.74, 6) is -0.810. The van der Waals surface area contributed by atoms with Crippen molar-refractivity contribution >= 4 is 21.9 Å². The SMILES string of the molecule is CCOC(=O)c1nn(-c2cc(Br)ccc2F)c2c1CCC2. The van der Waals surface area contributed by atoms with Gasteiger partial charge < -0.3 is 4.74 Å². The van der Waals surface area contributed by atoms with Crippen LogP contribution in [0.25, 0.3) is 5.69 Å². The smallest absolute Gasteiger partial charge is 0.359 e. The van der Waals surface area contributed by atoms with Crippen LogP contribution >= 0.6 is 15.9 Å². The van der Waals surface area contributed by atoms with E-state index < -0.39 is 5.97 Å². The third kappa shape index (κ3) is 2.48. The van der Waals surface area contributed by atoms with Crippen LogP contribution in [0, 0.1) is 5.82 Å². The van der Waals surface area contributed by atoms with Gasteiger partial charge in [0.2, 0.25) is 0 Å². The maximum absolute atomic E-state index is 14.1. The molecular formula is C15H14BrFN2O2. The van der Waals surface area contributed by atoms with E-state index in [9.17, 15) is 9.18 Å². The van der Waals surface area contributed by atoms with Gasteiger partial charge in [-0.3, -0.25) is 0 Å². The molecule has 2 aromatic rings. The minimum Gasteiger partial charge on any atom is -0.461 e. The van der Waals surface area contributed by atoms with Gasteiger partial charge in [0.15, 0.2) is 5.69 Å². The summed E-state index contributed by atoms with van der Waals surface area (Å²) in [6.45, 7) is 2.05. The average Bonchev–Trinajstić information content (AvgIpc) is 3.03. The van der Waals surface area contributed by atoms with Gasteiger partial charge in [0.25, 0.3) is 0 Å². The Morgan fingerprint density at radius 2 is 2.29 bits per heavy atom. The number of halogens is 2. The second-order valence-electron chi connectivity index (χ2n) is 4.86. The maximum Gasteiger partial charge on any atom is 0.359 e. The zero-order chi connectivity index (χ0) is 15.0. The minimum atomic E-state index is -0.440. The summed E-state index contributed by atoms with van der Waals surface area (Å²) in [5, 5.41) is 4.30. The molecule has 110 valence electrons. The monoisotopic (exact) mass is 352 g/mol. The molecule has 1 heterocycles. The van der Waals surface area contributed by atoms with Crippen molar-refractivity contribution in [2.45, 2.75) is 26.2 Å². The van der Waals surface area contributed by atoms with Crippen LogP contribution in [0.5, 0.6) is 0 Å². The molecule has 0 unspecified atom stereocenters. The van der Waals surface area contributed by atoms with Crippen molar-refractivity contribution < 1.29 is 13.9 Å². The topological polar surface area (TPSA) is 44.1 Å². The zero-order valence-corrected chi connectivity index (χ0v) is 13.1. The molecule has 1 aromatic heterocycles. The Hall–Kier alpha value is -1.69. The number of fused-ring (bicyclic) bond motifs is 1. The van der Waals surface area contributed by atoms with Crippen LogP contribution in [0.4, 0.5) is 4.39 Å². The first-order valence-electron chi connectivity index (χ1n) is 6.85. The molecule has 0 saturated carbocycles. The van der Waals surface area contributed by atoms with Crippen molar-refractivity contribution in [2.75, 3.05) is 6.61 Å². The summed E-state index contributed by atoms with van der Waals surface area (Å²) in [7, 11) is 0. The molecule has 0 saturated heterocycles. The van der Waals surface area contributed by atoms with Crippen molar-refractivity contribution in [1.29, 1.82) is 0 Å². The Labute approximate surface area is 130 Å². The summed E-state index contributed by atoms with van der Waals surface area (Å²) in [6.07, 6.45) is 2.50. The van der Waals surface area contributed by atoms with Crippen LogP contribution in [-0.2, 0) is 17.6 Å². The highest BCUT2D eigenvalue weighted by molar-refractivity contribution is 9.10. The van der Waals surface area contributed by atoms with Gasteiger partial charge in [-0.15, -0.1) is 0 Å². The lowest BCUT2D eigenvalue weighted by molar-refractivity contribution is 0.0517. The second kappa shape index (κ2) is 5.60. The lowest BCUT2D eigenvalue weighted by Gasteiger charge is -2.07. The van der Waals surface area contributed by atoms with Crippen LogP contribution < -0.4 is 0 Å². The predicted molar refractivity (Wildman–Crippen MR) is 79.2 cm³/mol. The normalized spacial score (nSPS) is 13.3. The van der Waals surface area contributed by atoms with Crippen molar-refractivity contribution in [1.82, 2.24) is 9.78 Å². The summed E-state index contributed by atoms with van der Waals surface area (Å²) >= 11 is 3.34. The van der Waals surface area contributed by atoms with Crippen LogP contribution in [0.15, 0.2) is 22.7 Å². The van der Waals surface area contributed by atoms with Crippen LogP contribution in [0.1, 0.15) is 35.1 Å². The van der Waals surface area contributed by atoms with Gasteiger partial charge in [-0.05, 0) is 44.4 Å². The Bertz CT molecular complexity index is 712. The minimum absolute atomic E-state index is 0.297. The summed E-state index contributed by atoms with van der Waals surface area (Å²) < 4.78 is 21.4. The molecule has 4 nitrogen and oxygen atoms in total. The molecule has 1 aliphatic carbocycles. The molecule has 0 radical (unpaired) electrons. The first-order chi connectivity index (χ1) is 10.1. The summed E-state index contributed by atoms with van der Waals surface area (Å²) in [5.41, 5.74) is 2.43. The molecule has 0 bridgehead atoms. The molecule has 0 spiro atoms. The summed E-state index contributed by atoms with van der Waals surface area (Å²) in [4.78, 5) is 12.0. The van der Waals surface area contributed by atoms with E-state index in [1.54, 1.807) is 19.1 Å². The van der Waals surface area contributed by atoms with Crippen molar-refractivity contribution in [3.05, 3.63) is 45.4 Å². The van der Waals surface area contributed by atoms with E-state index in [1.807, 2.05) is 0 Å². The third-order valence-electron chi connectivity index (χ3n) is 3.54. The van der Waals surface area contributed by atoms with Gasteiger partial charge in [-0.2, -0.15) is 5.10 Å². The Balaban J connectivity index is 2.14. The van der Waals surface area contributed by atoms with Crippen LogP contribution in [0.2, 0.25) is 0 Å². The van der Waals surface area contributed by atoms with Gasteiger partial charge in [0.05, 0.1) is 6.61 Å². The van der Waals surface area contributed by atoms with Crippen molar-refractivity contribution in [2.24, 2.45) is 0 Å². The lowest BCUT2D eigenvalue weighted by Crippen LogP contribution is -2.09. The molecule has 21 heavy (non-hydrogen) atoms. The number of ether oxygens (including phenoxy) is 1. The Morgan fingerprint density at radius 1 is 1.48 bits per heavy atom. The molecule has 0 aliphatic heterocycles. The fraction of sp³-hybridized carbons (Fsp3) is 0.333. The number of nitrogens with zero attached hydrogens (tertiary/aromatic N) is 2. The zero-order valence-electron chi connectivity index (χ0n) is 11.5. The van der Waals surface area contributed by atoms with Gasteiger partial charge in [0, 0.05) is 15.7 Å². The Morgan fingerprint density at radius 3 is 3.05 bits per heavy atom. The van der Waals surface area contributed by atoms with E-state index in [0.717, 1.165) is 35.0 Å². The first-order valence-corrected chi connectivity index (χ1v) is 7.64. The number of carbonyl (C=O) groups is 1. The van der Waals surface area contributed by atoms with E-state index in [0.29, 0.717) is 18.0 Å². The van der Waals surface area contributed by atoms with Gasteiger partial charge in [0.1, 0.15) is 11.5 Å². The number of esters is 1. The van der Waals surface area contributed by atoms with Crippen molar-refractivity contribution in [3.8, 4) is 5.69 Å². The highest BCUT2D eigenvalue weighted by Gasteiger charge is 2.28.